The first kappa shape index (κ1) is 14.0. The topological polar surface area (TPSA) is 29.0 Å². The molecule has 0 spiro atoms. The molecule has 3 nitrogen and oxygen atoms in total. The van der Waals surface area contributed by atoms with Gasteiger partial charge in [-0.25, -0.2) is 4.98 Å². The monoisotopic (exact) mass is 297 g/mol. The summed E-state index contributed by atoms with van der Waals surface area (Å²) >= 11 is 6.30. The summed E-state index contributed by atoms with van der Waals surface area (Å²) in [5, 5.41) is 1.68. The Labute approximate surface area is 129 Å². The molecule has 0 fully saturated rings. The van der Waals surface area contributed by atoms with Gasteiger partial charge in [0.1, 0.15) is 5.15 Å². The van der Waals surface area contributed by atoms with E-state index in [2.05, 4.69) is 34.0 Å². The lowest BCUT2D eigenvalue weighted by atomic mass is 10.1. The average Bonchev–Trinajstić information content (AvgIpc) is 2.49. The fourth-order valence-corrected chi connectivity index (χ4v) is 2.57. The molecule has 3 aromatic rings. The highest BCUT2D eigenvalue weighted by Gasteiger charge is 2.08. The molecule has 0 atom stereocenters. The van der Waals surface area contributed by atoms with E-state index in [1.165, 1.54) is 0 Å². The number of halogens is 1. The van der Waals surface area contributed by atoms with E-state index in [0.29, 0.717) is 5.15 Å². The number of hydrogen-bond acceptors (Lipinski definition) is 3. The van der Waals surface area contributed by atoms with Crippen molar-refractivity contribution in [3.63, 3.8) is 0 Å². The summed E-state index contributed by atoms with van der Waals surface area (Å²) in [5.41, 5.74) is 3.01. The van der Waals surface area contributed by atoms with Crippen LogP contribution in [0.5, 0.6) is 0 Å². The van der Waals surface area contributed by atoms with Crippen LogP contribution in [0.4, 0.5) is 0 Å². The highest BCUT2D eigenvalue weighted by molar-refractivity contribution is 6.30. The molecule has 106 valence electrons. The number of fused-ring (bicyclic) bond motifs is 1. The number of para-hydroxylation sites is 1. The second-order valence-electron chi connectivity index (χ2n) is 5.12. The van der Waals surface area contributed by atoms with Gasteiger partial charge in [-0.05, 0) is 31.3 Å². The Morgan fingerprint density at radius 1 is 1.05 bits per heavy atom. The molecule has 4 heteroatoms. The molecule has 21 heavy (non-hydrogen) atoms. The molecule has 0 unspecified atom stereocenters. The van der Waals surface area contributed by atoms with Crippen LogP contribution in [0.2, 0.25) is 5.15 Å². The first-order chi connectivity index (χ1) is 10.2. The van der Waals surface area contributed by atoms with E-state index in [0.717, 1.165) is 35.2 Å². The van der Waals surface area contributed by atoms with Crippen LogP contribution >= 0.6 is 11.6 Å². The number of benzene rings is 1. The Morgan fingerprint density at radius 3 is 2.67 bits per heavy atom. The molecule has 0 amide bonds. The van der Waals surface area contributed by atoms with Crippen LogP contribution < -0.4 is 0 Å². The molecule has 2 heterocycles. The normalized spacial score (nSPS) is 11.2. The molecule has 0 saturated carbocycles. The minimum atomic E-state index is 0.571. The zero-order valence-electron chi connectivity index (χ0n) is 11.8. The van der Waals surface area contributed by atoms with E-state index in [1.54, 1.807) is 0 Å². The molecule has 0 aliphatic rings. The summed E-state index contributed by atoms with van der Waals surface area (Å²) in [7, 11) is 2.06. The van der Waals surface area contributed by atoms with Gasteiger partial charge in [0, 0.05) is 30.2 Å². The van der Waals surface area contributed by atoms with Crippen LogP contribution in [-0.4, -0.2) is 21.9 Å². The number of hydrogen-bond donors (Lipinski definition) is 0. The van der Waals surface area contributed by atoms with E-state index in [-0.39, 0.29) is 0 Å². The van der Waals surface area contributed by atoms with Crippen LogP contribution in [0.3, 0.4) is 0 Å². The molecule has 0 saturated heterocycles. The van der Waals surface area contributed by atoms with Gasteiger partial charge in [-0.3, -0.25) is 9.88 Å². The van der Waals surface area contributed by atoms with Crippen molar-refractivity contribution in [2.75, 3.05) is 7.05 Å². The van der Waals surface area contributed by atoms with Crippen molar-refractivity contribution in [2.24, 2.45) is 0 Å². The summed E-state index contributed by atoms with van der Waals surface area (Å²) in [6.07, 6.45) is 1.81. The minimum Gasteiger partial charge on any atom is -0.296 e. The summed E-state index contributed by atoms with van der Waals surface area (Å²) in [4.78, 5) is 11.0. The summed E-state index contributed by atoms with van der Waals surface area (Å²) in [5.74, 6) is 0. The molecule has 0 bridgehead atoms. The van der Waals surface area contributed by atoms with Crippen LogP contribution in [-0.2, 0) is 13.1 Å². The van der Waals surface area contributed by atoms with Crippen LogP contribution in [0.1, 0.15) is 11.3 Å². The van der Waals surface area contributed by atoms with Crippen LogP contribution in [0, 0.1) is 0 Å². The highest BCUT2D eigenvalue weighted by atomic mass is 35.5. The van der Waals surface area contributed by atoms with Gasteiger partial charge in [0.2, 0.25) is 0 Å². The maximum absolute atomic E-state index is 6.30. The van der Waals surface area contributed by atoms with Crippen molar-refractivity contribution in [1.82, 2.24) is 14.9 Å². The zero-order valence-corrected chi connectivity index (χ0v) is 12.6. The lowest BCUT2D eigenvalue weighted by Crippen LogP contribution is -2.18. The van der Waals surface area contributed by atoms with E-state index in [9.17, 15) is 0 Å². The Bertz CT molecular complexity index is 743. The zero-order chi connectivity index (χ0) is 14.7. The molecule has 3 rings (SSSR count). The molecular formula is C17H16ClN3. The lowest BCUT2D eigenvalue weighted by Gasteiger charge is -2.17. The van der Waals surface area contributed by atoms with Crippen molar-refractivity contribution in [1.29, 1.82) is 0 Å². The molecular weight excluding hydrogens is 282 g/mol. The van der Waals surface area contributed by atoms with Gasteiger partial charge in [-0.1, -0.05) is 35.9 Å². The number of rotatable bonds is 4. The van der Waals surface area contributed by atoms with Crippen molar-refractivity contribution in [3.8, 4) is 0 Å². The Kier molecular flexibility index (Phi) is 4.13. The van der Waals surface area contributed by atoms with Gasteiger partial charge >= 0.3 is 0 Å². The predicted octanol–water partition coefficient (Wildman–Crippen LogP) is 3.92. The Balaban J connectivity index is 1.79. The smallest absolute Gasteiger partial charge is 0.134 e. The maximum Gasteiger partial charge on any atom is 0.134 e. The van der Waals surface area contributed by atoms with Gasteiger partial charge < -0.3 is 0 Å². The summed E-state index contributed by atoms with van der Waals surface area (Å²) in [6, 6.07) is 16.1. The minimum absolute atomic E-state index is 0.571. The first-order valence-electron chi connectivity index (χ1n) is 6.85. The highest BCUT2D eigenvalue weighted by Crippen LogP contribution is 2.21. The molecule has 0 aliphatic carbocycles. The Hall–Kier alpha value is -1.97. The first-order valence-corrected chi connectivity index (χ1v) is 7.23. The van der Waals surface area contributed by atoms with E-state index >= 15 is 0 Å². The third kappa shape index (κ3) is 3.38. The van der Waals surface area contributed by atoms with Crippen molar-refractivity contribution in [2.45, 2.75) is 13.1 Å². The van der Waals surface area contributed by atoms with Gasteiger partial charge in [-0.15, -0.1) is 0 Å². The number of aromatic nitrogens is 2. The van der Waals surface area contributed by atoms with Gasteiger partial charge in [0.05, 0.1) is 11.2 Å². The van der Waals surface area contributed by atoms with Crippen LogP contribution in [0.15, 0.2) is 54.7 Å². The predicted molar refractivity (Wildman–Crippen MR) is 86.2 cm³/mol. The van der Waals surface area contributed by atoms with Gasteiger partial charge in [0.25, 0.3) is 0 Å². The van der Waals surface area contributed by atoms with E-state index in [4.69, 9.17) is 11.6 Å². The average molecular weight is 298 g/mol. The largest absolute Gasteiger partial charge is 0.296 e. The quantitative estimate of drug-likeness (QED) is 0.684. The van der Waals surface area contributed by atoms with Gasteiger partial charge in [0.15, 0.2) is 0 Å². The third-order valence-corrected chi connectivity index (χ3v) is 3.68. The van der Waals surface area contributed by atoms with Crippen LogP contribution in [0.25, 0.3) is 10.9 Å². The molecule has 2 aromatic heterocycles. The second kappa shape index (κ2) is 6.20. The van der Waals surface area contributed by atoms with E-state index < -0.39 is 0 Å². The molecule has 1 aromatic carbocycles. The number of nitrogens with zero attached hydrogens (tertiary/aromatic N) is 3. The summed E-state index contributed by atoms with van der Waals surface area (Å²) < 4.78 is 0. The lowest BCUT2D eigenvalue weighted by molar-refractivity contribution is 0.315. The second-order valence-corrected chi connectivity index (χ2v) is 5.48. The van der Waals surface area contributed by atoms with Crippen molar-refractivity contribution < 1.29 is 0 Å². The van der Waals surface area contributed by atoms with Crippen molar-refractivity contribution in [3.05, 3.63) is 71.1 Å². The fraction of sp³-hybridized carbons (Fsp3) is 0.176. The maximum atomic E-state index is 6.30. The summed E-state index contributed by atoms with van der Waals surface area (Å²) in [6.45, 7) is 1.53. The molecule has 0 radical (unpaired) electrons. The fourth-order valence-electron chi connectivity index (χ4n) is 2.36. The molecule has 0 aliphatic heterocycles. The Morgan fingerprint density at radius 2 is 1.86 bits per heavy atom. The third-order valence-electron chi connectivity index (χ3n) is 3.35. The molecule has 0 N–H and O–H groups in total. The van der Waals surface area contributed by atoms with Crippen molar-refractivity contribution >= 4 is 22.5 Å². The van der Waals surface area contributed by atoms with E-state index in [1.807, 2.05) is 42.6 Å². The standard InChI is InChI=1S/C17H16ClN3/c1-21(12-15-7-4-5-9-19-15)11-14-10-13-6-2-3-8-16(13)20-17(14)18/h2-10H,11-12H2,1H3. The SMILES string of the molecule is CN(Cc1ccccn1)Cc1cc2ccccc2nc1Cl. The van der Waals surface area contributed by atoms with Gasteiger partial charge in [-0.2, -0.15) is 0 Å². The number of pyridine rings is 2.